The fraction of sp³-hybridized carbons (Fsp3) is 0.462. The number of aromatic nitrogens is 1. The first kappa shape index (κ1) is 14.9. The van der Waals surface area contributed by atoms with Gasteiger partial charge in [-0.3, -0.25) is 4.79 Å². The minimum atomic E-state index is -1.08. The van der Waals surface area contributed by atoms with Gasteiger partial charge in [0.2, 0.25) is 5.91 Å². The number of carbonyl (C=O) groups excluding carboxylic acids is 1. The number of hydrogen-bond acceptors (Lipinski definition) is 4. The molecule has 0 unspecified atom stereocenters. The summed E-state index contributed by atoms with van der Waals surface area (Å²) in [5.41, 5.74) is 0.729. The molecule has 6 nitrogen and oxygen atoms in total. The lowest BCUT2D eigenvalue weighted by Crippen LogP contribution is -2.46. The number of carboxylic acid groups (broad SMARTS) is 1. The molecule has 0 saturated carbocycles. The summed E-state index contributed by atoms with van der Waals surface area (Å²) in [6, 6.07) is 2.50. The number of aliphatic carboxylic acids is 1. The zero-order valence-corrected chi connectivity index (χ0v) is 12.3. The van der Waals surface area contributed by atoms with Crippen molar-refractivity contribution in [2.75, 3.05) is 6.61 Å². The summed E-state index contributed by atoms with van der Waals surface area (Å²) in [5, 5.41) is 11.7. The van der Waals surface area contributed by atoms with Crippen molar-refractivity contribution in [1.29, 1.82) is 0 Å². The van der Waals surface area contributed by atoms with Crippen molar-refractivity contribution < 1.29 is 19.4 Å². The van der Waals surface area contributed by atoms with Crippen molar-refractivity contribution in [3.05, 3.63) is 28.5 Å². The molecular formula is C13H15BrN2O4. The Labute approximate surface area is 124 Å². The van der Waals surface area contributed by atoms with Crippen LogP contribution in [0.1, 0.15) is 18.4 Å². The number of nitrogens with zero attached hydrogens (tertiary/aromatic N) is 1. The Kier molecular flexibility index (Phi) is 5.08. The summed E-state index contributed by atoms with van der Waals surface area (Å²) in [4.78, 5) is 27.2. The van der Waals surface area contributed by atoms with E-state index in [1.165, 1.54) is 0 Å². The molecule has 1 amide bonds. The third-order valence-electron chi connectivity index (χ3n) is 3.10. The Bertz CT molecular complexity index is 503. The number of carboxylic acids is 1. The molecule has 1 aliphatic rings. The van der Waals surface area contributed by atoms with Gasteiger partial charge in [0.1, 0.15) is 16.7 Å². The van der Waals surface area contributed by atoms with Crippen LogP contribution >= 0.6 is 15.9 Å². The second kappa shape index (κ2) is 6.81. The van der Waals surface area contributed by atoms with Crippen LogP contribution in [0.2, 0.25) is 0 Å². The Hall–Kier alpha value is -1.47. The van der Waals surface area contributed by atoms with Crippen LogP contribution in [0.15, 0.2) is 22.9 Å². The SMILES string of the molecule is O=C(O)[C@H](Cc1cccnc1Br)NC(=O)[C@@H]1CCCO1. The molecule has 1 aromatic heterocycles. The summed E-state index contributed by atoms with van der Waals surface area (Å²) in [5.74, 6) is -1.44. The Morgan fingerprint density at radius 3 is 3.00 bits per heavy atom. The molecule has 0 bridgehead atoms. The first-order valence-electron chi connectivity index (χ1n) is 6.32. The van der Waals surface area contributed by atoms with Gasteiger partial charge in [-0.1, -0.05) is 6.07 Å². The van der Waals surface area contributed by atoms with Crippen molar-refractivity contribution in [2.45, 2.75) is 31.4 Å². The lowest BCUT2D eigenvalue weighted by Gasteiger charge is -2.17. The molecular weight excluding hydrogens is 328 g/mol. The molecule has 2 N–H and O–H groups in total. The minimum absolute atomic E-state index is 0.169. The smallest absolute Gasteiger partial charge is 0.326 e. The van der Waals surface area contributed by atoms with Crippen molar-refractivity contribution in [3.63, 3.8) is 0 Å². The van der Waals surface area contributed by atoms with E-state index < -0.39 is 18.1 Å². The van der Waals surface area contributed by atoms with Crippen LogP contribution < -0.4 is 5.32 Å². The van der Waals surface area contributed by atoms with Crippen LogP contribution in [0.25, 0.3) is 0 Å². The molecule has 2 heterocycles. The van der Waals surface area contributed by atoms with Crippen molar-refractivity contribution in [1.82, 2.24) is 10.3 Å². The van der Waals surface area contributed by atoms with Gasteiger partial charge in [0, 0.05) is 19.2 Å². The number of halogens is 1. The van der Waals surface area contributed by atoms with Gasteiger partial charge >= 0.3 is 5.97 Å². The normalized spacial score (nSPS) is 19.6. The van der Waals surface area contributed by atoms with Crippen LogP contribution in [-0.2, 0) is 20.7 Å². The van der Waals surface area contributed by atoms with E-state index in [0.29, 0.717) is 17.6 Å². The van der Waals surface area contributed by atoms with Gasteiger partial charge in [-0.15, -0.1) is 0 Å². The predicted octanol–water partition coefficient (Wildman–Crippen LogP) is 1.14. The van der Waals surface area contributed by atoms with Crippen molar-refractivity contribution in [3.8, 4) is 0 Å². The predicted molar refractivity (Wildman–Crippen MR) is 74.2 cm³/mol. The molecule has 2 atom stereocenters. The fourth-order valence-corrected chi connectivity index (χ4v) is 2.45. The summed E-state index contributed by atoms with van der Waals surface area (Å²) < 4.78 is 5.82. The highest BCUT2D eigenvalue weighted by Crippen LogP contribution is 2.16. The van der Waals surface area contributed by atoms with Crippen LogP contribution in [0, 0.1) is 0 Å². The molecule has 20 heavy (non-hydrogen) atoms. The second-order valence-corrected chi connectivity index (χ2v) is 5.31. The Morgan fingerprint density at radius 2 is 2.40 bits per heavy atom. The maximum absolute atomic E-state index is 11.9. The van der Waals surface area contributed by atoms with E-state index in [9.17, 15) is 14.7 Å². The molecule has 0 aromatic carbocycles. The Balaban J connectivity index is 2.02. The van der Waals surface area contributed by atoms with E-state index in [-0.39, 0.29) is 12.3 Å². The van der Waals surface area contributed by atoms with Crippen molar-refractivity contribution >= 4 is 27.8 Å². The number of nitrogens with one attached hydrogen (secondary N) is 1. The van der Waals surface area contributed by atoms with Crippen LogP contribution in [-0.4, -0.2) is 40.7 Å². The van der Waals surface area contributed by atoms with E-state index in [1.807, 2.05) is 0 Å². The number of hydrogen-bond donors (Lipinski definition) is 2. The fourth-order valence-electron chi connectivity index (χ4n) is 2.04. The summed E-state index contributed by atoms with van der Waals surface area (Å²) in [6.45, 7) is 0.546. The zero-order valence-electron chi connectivity index (χ0n) is 10.7. The molecule has 1 saturated heterocycles. The maximum Gasteiger partial charge on any atom is 0.326 e. The first-order valence-corrected chi connectivity index (χ1v) is 7.11. The summed E-state index contributed by atoms with van der Waals surface area (Å²) in [7, 11) is 0. The molecule has 0 aliphatic carbocycles. The minimum Gasteiger partial charge on any atom is -0.480 e. The molecule has 0 radical (unpaired) electrons. The third-order valence-corrected chi connectivity index (χ3v) is 3.81. The highest BCUT2D eigenvalue weighted by molar-refractivity contribution is 9.10. The molecule has 1 aromatic rings. The topological polar surface area (TPSA) is 88.5 Å². The Morgan fingerprint density at radius 1 is 1.60 bits per heavy atom. The molecule has 2 rings (SSSR count). The average molecular weight is 343 g/mol. The van der Waals surface area contributed by atoms with Gasteiger partial charge in [-0.2, -0.15) is 0 Å². The standard InChI is InChI=1S/C13H15BrN2O4/c14-11-8(3-1-5-15-11)7-9(13(18)19)16-12(17)10-4-2-6-20-10/h1,3,5,9-10H,2,4,6-7H2,(H,16,17)(H,18,19)/t9-,10-/m0/s1. The van der Waals surface area contributed by atoms with Crippen LogP contribution in [0.4, 0.5) is 0 Å². The first-order chi connectivity index (χ1) is 9.58. The van der Waals surface area contributed by atoms with E-state index in [1.54, 1.807) is 18.3 Å². The van der Waals surface area contributed by atoms with Crippen molar-refractivity contribution in [2.24, 2.45) is 0 Å². The van der Waals surface area contributed by atoms with Gasteiger partial charge in [0.05, 0.1) is 0 Å². The molecule has 7 heteroatoms. The van der Waals surface area contributed by atoms with Gasteiger partial charge in [0.15, 0.2) is 0 Å². The van der Waals surface area contributed by atoms with Gasteiger partial charge in [-0.25, -0.2) is 9.78 Å². The number of ether oxygens (including phenoxy) is 1. The quantitative estimate of drug-likeness (QED) is 0.783. The van der Waals surface area contributed by atoms with Crippen LogP contribution in [0.3, 0.4) is 0 Å². The summed E-state index contributed by atoms with van der Waals surface area (Å²) in [6.07, 6.45) is 2.70. The third kappa shape index (κ3) is 3.77. The van der Waals surface area contributed by atoms with Crippen LogP contribution in [0.5, 0.6) is 0 Å². The number of carbonyl (C=O) groups is 2. The largest absolute Gasteiger partial charge is 0.480 e. The van der Waals surface area contributed by atoms with Gasteiger partial charge in [0.25, 0.3) is 0 Å². The van der Waals surface area contributed by atoms with E-state index >= 15 is 0 Å². The number of rotatable bonds is 5. The lowest BCUT2D eigenvalue weighted by atomic mass is 10.1. The highest BCUT2D eigenvalue weighted by atomic mass is 79.9. The van der Waals surface area contributed by atoms with E-state index in [2.05, 4.69) is 26.2 Å². The summed E-state index contributed by atoms with van der Waals surface area (Å²) >= 11 is 3.26. The second-order valence-electron chi connectivity index (χ2n) is 4.56. The molecule has 1 fully saturated rings. The zero-order chi connectivity index (χ0) is 14.5. The maximum atomic E-state index is 11.9. The average Bonchev–Trinajstić information content (AvgIpc) is 2.94. The van der Waals surface area contributed by atoms with Gasteiger partial charge in [-0.05, 0) is 40.4 Å². The number of pyridine rings is 1. The van der Waals surface area contributed by atoms with Gasteiger partial charge < -0.3 is 15.2 Å². The monoisotopic (exact) mass is 342 g/mol. The highest BCUT2D eigenvalue weighted by Gasteiger charge is 2.28. The lowest BCUT2D eigenvalue weighted by molar-refractivity contribution is -0.143. The van der Waals surface area contributed by atoms with E-state index in [4.69, 9.17) is 4.74 Å². The van der Waals surface area contributed by atoms with E-state index in [0.717, 1.165) is 12.0 Å². The molecule has 1 aliphatic heterocycles. The number of amides is 1. The molecule has 0 spiro atoms. The molecule has 108 valence electrons.